The SMILES string of the molecule is Cc1cnc(C(=O)N2CCC[C@H]2c2nc(N(C)C)ncc2-c2cccc(Cl)c2)cn1. The Bertz CT molecular complexity index is 1070. The lowest BCUT2D eigenvalue weighted by Crippen LogP contribution is -2.32. The van der Waals surface area contributed by atoms with Crippen LogP contribution in [0.15, 0.2) is 42.9 Å². The van der Waals surface area contributed by atoms with Crippen LogP contribution >= 0.6 is 11.6 Å². The van der Waals surface area contributed by atoms with Crippen molar-refractivity contribution in [3.05, 3.63) is 65.0 Å². The number of hydrogen-bond donors (Lipinski definition) is 0. The third kappa shape index (κ3) is 3.98. The summed E-state index contributed by atoms with van der Waals surface area (Å²) < 4.78 is 0. The number of likely N-dealkylation sites (tertiary alicyclic amines) is 1. The average molecular weight is 423 g/mol. The van der Waals surface area contributed by atoms with Crippen LogP contribution in [0, 0.1) is 6.92 Å². The van der Waals surface area contributed by atoms with Gasteiger partial charge >= 0.3 is 0 Å². The minimum Gasteiger partial charge on any atom is -0.347 e. The van der Waals surface area contributed by atoms with Crippen molar-refractivity contribution in [1.29, 1.82) is 0 Å². The van der Waals surface area contributed by atoms with Gasteiger partial charge in [-0.25, -0.2) is 15.0 Å². The molecule has 30 heavy (non-hydrogen) atoms. The van der Waals surface area contributed by atoms with E-state index >= 15 is 0 Å². The van der Waals surface area contributed by atoms with Crippen molar-refractivity contribution in [2.75, 3.05) is 25.5 Å². The predicted octanol–water partition coefficient (Wildman–Crippen LogP) is 3.94. The van der Waals surface area contributed by atoms with Gasteiger partial charge < -0.3 is 9.80 Å². The van der Waals surface area contributed by atoms with Crippen molar-refractivity contribution < 1.29 is 4.79 Å². The highest BCUT2D eigenvalue weighted by molar-refractivity contribution is 6.30. The first-order valence-electron chi connectivity index (χ1n) is 9.84. The lowest BCUT2D eigenvalue weighted by atomic mass is 9.99. The largest absolute Gasteiger partial charge is 0.347 e. The van der Waals surface area contributed by atoms with Crippen LogP contribution in [-0.4, -0.2) is 51.4 Å². The molecule has 0 aliphatic carbocycles. The Morgan fingerprint density at radius 3 is 2.70 bits per heavy atom. The molecule has 3 heterocycles. The Morgan fingerprint density at radius 1 is 1.17 bits per heavy atom. The summed E-state index contributed by atoms with van der Waals surface area (Å²) in [6.45, 7) is 2.50. The molecule has 4 rings (SSSR count). The molecule has 0 radical (unpaired) electrons. The zero-order valence-electron chi connectivity index (χ0n) is 17.2. The van der Waals surface area contributed by atoms with Crippen LogP contribution in [0.1, 0.15) is 40.8 Å². The van der Waals surface area contributed by atoms with Gasteiger partial charge in [0.1, 0.15) is 5.69 Å². The van der Waals surface area contributed by atoms with E-state index in [1.165, 1.54) is 6.20 Å². The van der Waals surface area contributed by atoms with E-state index in [0.717, 1.165) is 35.4 Å². The zero-order valence-corrected chi connectivity index (χ0v) is 18.0. The minimum absolute atomic E-state index is 0.132. The number of nitrogens with zero attached hydrogens (tertiary/aromatic N) is 6. The van der Waals surface area contributed by atoms with E-state index < -0.39 is 0 Å². The Balaban J connectivity index is 1.78. The van der Waals surface area contributed by atoms with Gasteiger partial charge in [0.25, 0.3) is 5.91 Å². The number of amides is 1. The molecular weight excluding hydrogens is 400 g/mol. The number of anilines is 1. The molecule has 2 aromatic heterocycles. The second-order valence-electron chi connectivity index (χ2n) is 7.57. The number of aromatic nitrogens is 4. The molecule has 1 aliphatic heterocycles. The fraction of sp³-hybridized carbons (Fsp3) is 0.318. The molecule has 1 aliphatic rings. The summed E-state index contributed by atoms with van der Waals surface area (Å²) >= 11 is 6.23. The van der Waals surface area contributed by atoms with E-state index in [2.05, 4.69) is 15.0 Å². The number of carbonyl (C=O) groups excluding carboxylic acids is 1. The number of halogens is 1. The number of rotatable bonds is 4. The third-order valence-corrected chi connectivity index (χ3v) is 5.41. The van der Waals surface area contributed by atoms with Crippen LogP contribution in [0.3, 0.4) is 0 Å². The third-order valence-electron chi connectivity index (χ3n) is 5.17. The molecule has 8 heteroatoms. The van der Waals surface area contributed by atoms with Gasteiger partial charge in [-0.15, -0.1) is 0 Å². The second kappa shape index (κ2) is 8.36. The molecule has 0 N–H and O–H groups in total. The normalized spacial score (nSPS) is 16.0. The van der Waals surface area contributed by atoms with Crippen molar-refractivity contribution in [2.24, 2.45) is 0 Å². The van der Waals surface area contributed by atoms with Gasteiger partial charge in [-0.2, -0.15) is 0 Å². The van der Waals surface area contributed by atoms with Crippen molar-refractivity contribution in [3.63, 3.8) is 0 Å². The first kappa shape index (κ1) is 20.2. The highest BCUT2D eigenvalue weighted by Crippen LogP contribution is 2.38. The van der Waals surface area contributed by atoms with Gasteiger partial charge in [-0.3, -0.25) is 9.78 Å². The van der Waals surface area contributed by atoms with E-state index in [4.69, 9.17) is 16.6 Å². The van der Waals surface area contributed by atoms with Crippen molar-refractivity contribution >= 4 is 23.5 Å². The molecule has 0 bridgehead atoms. The van der Waals surface area contributed by atoms with Crippen LogP contribution in [0.4, 0.5) is 5.95 Å². The summed E-state index contributed by atoms with van der Waals surface area (Å²) in [6.07, 6.45) is 6.69. The van der Waals surface area contributed by atoms with Gasteiger partial charge in [0.15, 0.2) is 0 Å². The standard InChI is InChI=1S/C22H23ClN6O/c1-14-11-25-18(13-24-14)21(30)29-9-5-8-19(29)20-17(12-26-22(27-20)28(2)3)15-6-4-7-16(23)10-15/h4,6-7,10-13,19H,5,8-9H2,1-3H3/t19-/m0/s1. The molecule has 0 saturated carbocycles. The van der Waals surface area contributed by atoms with Gasteiger partial charge in [-0.05, 0) is 37.5 Å². The first-order chi connectivity index (χ1) is 14.4. The summed E-state index contributed by atoms with van der Waals surface area (Å²) in [5, 5.41) is 0.643. The minimum atomic E-state index is -0.170. The second-order valence-corrected chi connectivity index (χ2v) is 8.01. The number of benzene rings is 1. The van der Waals surface area contributed by atoms with Crippen LogP contribution in [0.5, 0.6) is 0 Å². The van der Waals surface area contributed by atoms with E-state index in [1.54, 1.807) is 6.20 Å². The molecule has 154 valence electrons. The van der Waals surface area contributed by atoms with Gasteiger partial charge in [-0.1, -0.05) is 23.7 Å². The van der Waals surface area contributed by atoms with Crippen LogP contribution in [0.25, 0.3) is 11.1 Å². The fourth-order valence-corrected chi connectivity index (χ4v) is 3.87. The molecule has 0 spiro atoms. The van der Waals surface area contributed by atoms with Gasteiger partial charge in [0.2, 0.25) is 5.95 Å². The number of hydrogen-bond acceptors (Lipinski definition) is 6. The lowest BCUT2D eigenvalue weighted by molar-refractivity contribution is 0.0726. The molecule has 1 fully saturated rings. The Kier molecular flexibility index (Phi) is 5.63. The van der Waals surface area contributed by atoms with Crippen LogP contribution in [0.2, 0.25) is 5.02 Å². The van der Waals surface area contributed by atoms with E-state index in [9.17, 15) is 4.79 Å². The fourth-order valence-electron chi connectivity index (χ4n) is 3.68. The summed E-state index contributed by atoms with van der Waals surface area (Å²) in [5.41, 5.74) is 3.75. The molecule has 1 amide bonds. The molecule has 0 unspecified atom stereocenters. The molecule has 1 atom stereocenters. The van der Waals surface area contributed by atoms with Gasteiger partial charge in [0, 0.05) is 43.6 Å². The van der Waals surface area contributed by atoms with E-state index in [0.29, 0.717) is 23.2 Å². The zero-order chi connectivity index (χ0) is 21.3. The maximum absolute atomic E-state index is 13.2. The molecule has 3 aromatic rings. The molecule has 1 aromatic carbocycles. The maximum Gasteiger partial charge on any atom is 0.274 e. The lowest BCUT2D eigenvalue weighted by Gasteiger charge is -2.26. The van der Waals surface area contributed by atoms with E-state index in [1.807, 2.05) is 61.3 Å². The summed E-state index contributed by atoms with van der Waals surface area (Å²) in [4.78, 5) is 34.8. The number of aryl methyl sites for hydroxylation is 1. The monoisotopic (exact) mass is 422 g/mol. The Labute approximate surface area is 180 Å². The highest BCUT2D eigenvalue weighted by Gasteiger charge is 2.34. The predicted molar refractivity (Wildman–Crippen MR) is 117 cm³/mol. The van der Waals surface area contributed by atoms with Gasteiger partial charge in [0.05, 0.1) is 23.6 Å². The average Bonchev–Trinajstić information content (AvgIpc) is 3.23. The van der Waals surface area contributed by atoms with E-state index in [-0.39, 0.29) is 11.9 Å². The Morgan fingerprint density at radius 2 is 2.00 bits per heavy atom. The summed E-state index contributed by atoms with van der Waals surface area (Å²) in [7, 11) is 3.80. The molecular formula is C22H23ClN6O. The smallest absolute Gasteiger partial charge is 0.274 e. The van der Waals surface area contributed by atoms with Crippen molar-refractivity contribution in [1.82, 2.24) is 24.8 Å². The summed E-state index contributed by atoms with van der Waals surface area (Å²) in [6, 6.07) is 7.44. The maximum atomic E-state index is 13.2. The summed E-state index contributed by atoms with van der Waals surface area (Å²) in [5.74, 6) is 0.470. The molecule has 1 saturated heterocycles. The topological polar surface area (TPSA) is 75.1 Å². The van der Waals surface area contributed by atoms with Crippen molar-refractivity contribution in [3.8, 4) is 11.1 Å². The highest BCUT2D eigenvalue weighted by atomic mass is 35.5. The first-order valence-corrected chi connectivity index (χ1v) is 10.2. The molecule has 7 nitrogen and oxygen atoms in total. The van der Waals surface area contributed by atoms with Crippen LogP contribution < -0.4 is 4.90 Å². The number of carbonyl (C=O) groups is 1. The Hall–Kier alpha value is -3.06. The van der Waals surface area contributed by atoms with Crippen LogP contribution in [-0.2, 0) is 0 Å². The quantitative estimate of drug-likeness (QED) is 0.634. The van der Waals surface area contributed by atoms with Crippen molar-refractivity contribution in [2.45, 2.75) is 25.8 Å².